The molecular weight excluding hydrogens is 787 g/mol. The van der Waals surface area contributed by atoms with E-state index in [2.05, 4.69) is 60.8 Å². The summed E-state index contributed by atoms with van der Waals surface area (Å²) in [7, 11) is -15.3. The number of aromatic hydroxyl groups is 1. The van der Waals surface area contributed by atoms with Gasteiger partial charge in [0.05, 0.1) is 4.90 Å². The van der Waals surface area contributed by atoms with Crippen molar-refractivity contribution in [2.45, 2.75) is 68.0 Å². The second kappa shape index (κ2) is 16.3. The van der Waals surface area contributed by atoms with Crippen molar-refractivity contribution >= 4 is 79.0 Å². The van der Waals surface area contributed by atoms with Crippen LogP contribution in [0.25, 0.3) is 0 Å². The van der Waals surface area contributed by atoms with Gasteiger partial charge in [0.25, 0.3) is 35.9 Å². The van der Waals surface area contributed by atoms with E-state index in [1.54, 1.807) is 0 Å². The van der Waals surface area contributed by atoms with Crippen LogP contribution in [0.3, 0.4) is 0 Å². The molecule has 54 heavy (non-hydrogen) atoms. The molecule has 20 nitrogen and oxygen atoms in total. The number of hydrogen-bond acceptors (Lipinski definition) is 16. The van der Waals surface area contributed by atoms with Gasteiger partial charge in [-0.3, -0.25) is 23.0 Å². The molecule has 0 fully saturated rings. The van der Waals surface area contributed by atoms with Crippen molar-refractivity contribution in [1.82, 2.24) is 19.5 Å². The minimum Gasteiger partial charge on any atom is -0.494 e. The van der Waals surface area contributed by atoms with Crippen molar-refractivity contribution in [3.05, 3.63) is 63.9 Å². The predicted molar refractivity (Wildman–Crippen MR) is 202 cm³/mol. The van der Waals surface area contributed by atoms with Crippen LogP contribution in [0.2, 0.25) is 25.7 Å². The fourth-order valence-corrected chi connectivity index (χ4v) is 8.01. The van der Waals surface area contributed by atoms with Crippen molar-refractivity contribution in [2.24, 2.45) is 10.2 Å². The highest BCUT2D eigenvalue weighted by Crippen LogP contribution is 2.33. The summed E-state index contributed by atoms with van der Waals surface area (Å²) in [5.74, 6) is -1.69. The molecule has 0 aliphatic carbocycles. The largest absolute Gasteiger partial charge is 0.494 e. The quantitative estimate of drug-likeness (QED) is 0.0339. The maximum atomic E-state index is 13.2. The minimum atomic E-state index is -4.91. The molecule has 292 valence electrons. The average molecular weight is 826 g/mol. The Hall–Kier alpha value is -4.85. The van der Waals surface area contributed by atoms with Crippen LogP contribution in [0.4, 0.5) is 40.6 Å². The second-order valence-corrected chi connectivity index (χ2v) is 22.9. The molecule has 0 spiro atoms. The Morgan fingerprint density at radius 3 is 1.93 bits per heavy atom. The van der Waals surface area contributed by atoms with E-state index in [0.717, 1.165) is 29.2 Å². The van der Waals surface area contributed by atoms with Crippen molar-refractivity contribution in [2.75, 3.05) is 22.5 Å². The van der Waals surface area contributed by atoms with Crippen LogP contribution in [0.15, 0.2) is 67.3 Å². The number of hydrogen-bond donors (Lipinski definition) is 7. The smallest absolute Gasteiger partial charge is 0.296 e. The summed E-state index contributed by atoms with van der Waals surface area (Å²) < 4.78 is 100. The van der Waals surface area contributed by atoms with E-state index < -0.39 is 71.9 Å². The third-order valence-electron chi connectivity index (χ3n) is 7.61. The van der Waals surface area contributed by atoms with Gasteiger partial charge in [0, 0.05) is 38.1 Å². The normalized spacial score (nSPS) is 12.6. The van der Waals surface area contributed by atoms with Crippen LogP contribution in [0.1, 0.15) is 24.5 Å². The number of azo groups is 1. The molecule has 0 aliphatic heterocycles. The fourth-order valence-electron chi connectivity index (χ4n) is 4.97. The first kappa shape index (κ1) is 41.9. The lowest BCUT2D eigenvalue weighted by atomic mass is 10.1. The molecule has 4 aromatic rings. The van der Waals surface area contributed by atoms with Gasteiger partial charge < -0.3 is 21.1 Å². The van der Waals surface area contributed by atoms with Gasteiger partial charge in [-0.1, -0.05) is 25.7 Å². The van der Waals surface area contributed by atoms with Crippen molar-refractivity contribution in [1.29, 1.82) is 0 Å². The zero-order valence-electron chi connectivity index (χ0n) is 29.6. The summed E-state index contributed by atoms with van der Waals surface area (Å²) in [5.41, 5.74) is -1.86. The number of nitrogens with zero attached hydrogens (tertiary/aromatic N) is 6. The van der Waals surface area contributed by atoms with E-state index in [0.29, 0.717) is 12.2 Å². The summed E-state index contributed by atoms with van der Waals surface area (Å²) in [6.07, 6.45) is 0.830. The molecule has 0 radical (unpaired) electrons. The summed E-state index contributed by atoms with van der Waals surface area (Å²) in [4.78, 5) is 25.2. The van der Waals surface area contributed by atoms with Gasteiger partial charge in [-0.2, -0.15) is 40.2 Å². The third-order valence-corrected chi connectivity index (χ3v) is 11.9. The molecule has 0 unspecified atom stereocenters. The van der Waals surface area contributed by atoms with Crippen LogP contribution in [0.5, 0.6) is 5.88 Å². The molecule has 2 aromatic heterocycles. The maximum absolute atomic E-state index is 13.2. The van der Waals surface area contributed by atoms with E-state index in [9.17, 15) is 48.8 Å². The van der Waals surface area contributed by atoms with Crippen molar-refractivity contribution in [3.8, 4) is 5.88 Å². The lowest BCUT2D eigenvalue weighted by molar-refractivity contribution is 0.403. The number of pyridine rings is 1. The number of nitrogens with one attached hydrogen (secondary N) is 3. The van der Waals surface area contributed by atoms with Gasteiger partial charge in [-0.25, -0.2) is 0 Å². The van der Waals surface area contributed by atoms with Gasteiger partial charge in [-0.05, 0) is 68.3 Å². The van der Waals surface area contributed by atoms with Gasteiger partial charge in [0.1, 0.15) is 16.3 Å². The Kier molecular flexibility index (Phi) is 12.6. The first-order chi connectivity index (χ1) is 24.9. The van der Waals surface area contributed by atoms with E-state index in [1.165, 1.54) is 44.2 Å². The Bertz CT molecular complexity index is 2470. The summed E-state index contributed by atoms with van der Waals surface area (Å²) in [5, 5.41) is 27.3. The molecule has 0 amide bonds. The number of aromatic nitrogens is 4. The van der Waals surface area contributed by atoms with E-state index in [-0.39, 0.29) is 46.1 Å². The minimum absolute atomic E-state index is 0.00461. The SMILES string of the molecule is CCn1c(O)c(CS(=O)(=O)O)c(C)c(N=Nc2cc(Nc3nc(NCCC[Si](C)(C)C)nc(Nc4ccc(S(=O)(=O)O)cc4)n3)ccc2S(=O)(=O)O)c1=O. The second-order valence-electron chi connectivity index (χ2n) is 13.1. The number of benzene rings is 2. The topological polar surface area (TPSA) is 305 Å². The molecule has 2 aromatic carbocycles. The molecule has 0 saturated carbocycles. The van der Waals surface area contributed by atoms with Gasteiger partial charge in [0.2, 0.25) is 17.8 Å². The first-order valence-corrected chi connectivity index (χ1v) is 24.2. The van der Waals surface area contributed by atoms with Gasteiger partial charge in [-0.15, -0.1) is 10.2 Å². The maximum Gasteiger partial charge on any atom is 0.296 e. The summed E-state index contributed by atoms with van der Waals surface area (Å²) in [6, 6.07) is 9.53. The summed E-state index contributed by atoms with van der Waals surface area (Å²) in [6.45, 7) is 9.84. The van der Waals surface area contributed by atoms with E-state index >= 15 is 0 Å². The highest BCUT2D eigenvalue weighted by Gasteiger charge is 2.23. The van der Waals surface area contributed by atoms with E-state index in [1.807, 2.05) is 0 Å². The monoisotopic (exact) mass is 825 g/mol. The number of anilines is 5. The Labute approximate surface area is 312 Å². The first-order valence-electron chi connectivity index (χ1n) is 16.0. The Balaban J connectivity index is 1.75. The Morgan fingerprint density at radius 1 is 0.815 bits per heavy atom. The molecule has 7 N–H and O–H groups in total. The Morgan fingerprint density at radius 2 is 1.39 bits per heavy atom. The highest BCUT2D eigenvalue weighted by molar-refractivity contribution is 7.86. The summed E-state index contributed by atoms with van der Waals surface area (Å²) >= 11 is 0. The average Bonchev–Trinajstić information content (AvgIpc) is 3.04. The van der Waals surface area contributed by atoms with Crippen LogP contribution >= 0.6 is 0 Å². The molecule has 4 rings (SSSR count). The lowest BCUT2D eigenvalue weighted by Crippen LogP contribution is -2.22. The van der Waals surface area contributed by atoms with Gasteiger partial charge >= 0.3 is 0 Å². The van der Waals surface area contributed by atoms with Crippen LogP contribution in [-0.2, 0) is 42.7 Å². The molecular formula is C30H39N9O11S3Si. The lowest BCUT2D eigenvalue weighted by Gasteiger charge is -2.16. The molecule has 0 aliphatic rings. The zero-order chi connectivity index (χ0) is 40.2. The molecule has 0 bridgehead atoms. The van der Waals surface area contributed by atoms with Crippen molar-refractivity contribution < 1.29 is 44.0 Å². The zero-order valence-corrected chi connectivity index (χ0v) is 33.1. The van der Waals surface area contributed by atoms with Gasteiger partial charge in [0.15, 0.2) is 11.6 Å². The van der Waals surface area contributed by atoms with Crippen LogP contribution in [-0.4, -0.2) is 78.2 Å². The fraction of sp³-hybridized carbons (Fsp3) is 0.333. The highest BCUT2D eigenvalue weighted by atomic mass is 32.2. The van der Waals surface area contributed by atoms with Crippen molar-refractivity contribution in [3.63, 3.8) is 0 Å². The third kappa shape index (κ3) is 11.3. The standard InChI is InChI=1S/C30H39N9O11S3Si/c1-6-39-26(40)22(17-51(42,43)44)18(2)25(27(39)41)38-37-23-16-20(10-13-24(23)53(48,49)50)33-30-35-28(31-14-7-15-54(3,4)5)34-29(36-30)32-19-8-11-21(12-9-19)52(45,46)47/h8-13,16,40H,6-7,14-15,17H2,1-5H3,(H,42,43,44)(H,45,46,47)(H,48,49,50)(H3,31,32,33,34,35,36). The molecule has 0 atom stereocenters. The van der Waals surface area contributed by atoms with E-state index in [4.69, 9.17) is 0 Å². The molecule has 2 heterocycles. The van der Waals surface area contributed by atoms with Crippen LogP contribution in [0, 0.1) is 6.92 Å². The molecule has 0 saturated heterocycles. The molecule has 24 heteroatoms. The van der Waals surface area contributed by atoms with Crippen LogP contribution < -0.4 is 21.5 Å². The predicted octanol–water partition coefficient (Wildman–Crippen LogP) is 4.99. The number of rotatable bonds is 16.